The van der Waals surface area contributed by atoms with Crippen LogP contribution >= 0.6 is 0 Å². The Balaban J connectivity index is 1.30. The Hall–Kier alpha value is -4.12. The van der Waals surface area contributed by atoms with Gasteiger partial charge in [0.2, 0.25) is 0 Å². The summed E-state index contributed by atoms with van der Waals surface area (Å²) in [6.07, 6.45) is 4.88. The molecule has 0 radical (unpaired) electrons. The fourth-order valence-corrected chi connectivity index (χ4v) is 4.22. The predicted octanol–water partition coefficient (Wildman–Crippen LogP) is 1.79. The molecule has 5 rings (SSSR count). The maximum Gasteiger partial charge on any atom is 0.272 e. The molecule has 0 unspecified atom stereocenters. The van der Waals surface area contributed by atoms with Crippen molar-refractivity contribution in [1.29, 1.82) is 0 Å². The van der Waals surface area contributed by atoms with Gasteiger partial charge in [-0.1, -0.05) is 0 Å². The zero-order chi connectivity index (χ0) is 24.6. The van der Waals surface area contributed by atoms with Gasteiger partial charge in [-0.2, -0.15) is 5.10 Å². The van der Waals surface area contributed by atoms with Crippen molar-refractivity contribution in [2.45, 2.75) is 25.0 Å². The Morgan fingerprint density at radius 2 is 1.86 bits per heavy atom. The van der Waals surface area contributed by atoms with E-state index in [9.17, 15) is 19.1 Å². The van der Waals surface area contributed by atoms with Gasteiger partial charge in [0.25, 0.3) is 11.5 Å². The second-order valence-electron chi connectivity index (χ2n) is 8.55. The lowest BCUT2D eigenvalue weighted by Gasteiger charge is -2.38. The molecule has 35 heavy (non-hydrogen) atoms. The smallest absolute Gasteiger partial charge is 0.272 e. The summed E-state index contributed by atoms with van der Waals surface area (Å²) in [6, 6.07) is 8.99. The molecule has 11 heteroatoms. The third-order valence-corrected chi connectivity index (χ3v) is 6.26. The van der Waals surface area contributed by atoms with E-state index >= 15 is 0 Å². The number of pyridine rings is 1. The minimum atomic E-state index is -1.17. The molecule has 1 N–H and O–H groups in total. The fraction of sp³-hybridized carbons (Fsp3) is 0.292. The zero-order valence-electron chi connectivity index (χ0n) is 19.0. The van der Waals surface area contributed by atoms with Gasteiger partial charge in [0.15, 0.2) is 5.65 Å². The van der Waals surface area contributed by atoms with Crippen LogP contribution in [0, 0.1) is 5.82 Å². The van der Waals surface area contributed by atoms with E-state index in [1.54, 1.807) is 29.2 Å². The highest BCUT2D eigenvalue weighted by molar-refractivity contribution is 5.92. The van der Waals surface area contributed by atoms with E-state index in [1.165, 1.54) is 47.2 Å². The first-order chi connectivity index (χ1) is 16.9. The molecule has 1 fully saturated rings. The van der Waals surface area contributed by atoms with Gasteiger partial charge in [-0.3, -0.25) is 14.2 Å². The van der Waals surface area contributed by atoms with E-state index in [-0.39, 0.29) is 23.8 Å². The average Bonchev–Trinajstić information content (AvgIpc) is 3.31. The largest absolute Gasteiger partial charge is 0.495 e. The number of carbonyl (C=O) groups is 1. The number of hydrogen-bond donors (Lipinski definition) is 1. The number of nitrogens with zero attached hydrogens (tertiary/aromatic N) is 6. The highest BCUT2D eigenvalue weighted by atomic mass is 19.1. The number of ether oxygens (including phenoxy) is 1. The monoisotopic (exact) mass is 478 g/mol. The molecule has 0 saturated carbocycles. The summed E-state index contributed by atoms with van der Waals surface area (Å²) in [5, 5.41) is 15.7. The van der Waals surface area contributed by atoms with Gasteiger partial charge in [0.05, 0.1) is 37.3 Å². The van der Waals surface area contributed by atoms with Crippen LogP contribution in [0.25, 0.3) is 16.7 Å². The quantitative estimate of drug-likeness (QED) is 0.465. The van der Waals surface area contributed by atoms with Crippen molar-refractivity contribution in [2.75, 3.05) is 20.2 Å². The van der Waals surface area contributed by atoms with E-state index in [0.717, 1.165) is 0 Å². The highest BCUT2D eigenvalue weighted by Crippen LogP contribution is 2.25. The lowest BCUT2D eigenvalue weighted by molar-refractivity contribution is -0.0300. The normalized spacial score (nSPS) is 15.3. The molecule has 4 aromatic rings. The maximum atomic E-state index is 13.2. The number of piperidine rings is 1. The molecule has 180 valence electrons. The molecule has 0 bridgehead atoms. The number of carbonyl (C=O) groups excluding carboxylic acids is 1. The van der Waals surface area contributed by atoms with Crippen molar-refractivity contribution >= 4 is 16.9 Å². The summed E-state index contributed by atoms with van der Waals surface area (Å²) in [5.41, 5.74) is -0.278. The Morgan fingerprint density at radius 1 is 1.11 bits per heavy atom. The Bertz CT molecular complexity index is 1420. The number of aliphatic hydroxyl groups is 1. The number of amides is 1. The number of halogens is 1. The number of methoxy groups -OCH3 is 1. The van der Waals surface area contributed by atoms with Crippen molar-refractivity contribution in [3.63, 3.8) is 0 Å². The summed E-state index contributed by atoms with van der Waals surface area (Å²) < 4.78 is 21.1. The molecule has 0 spiro atoms. The average molecular weight is 478 g/mol. The van der Waals surface area contributed by atoms with Crippen LogP contribution in [0.5, 0.6) is 5.75 Å². The van der Waals surface area contributed by atoms with Gasteiger partial charge in [0, 0.05) is 13.1 Å². The van der Waals surface area contributed by atoms with E-state index in [2.05, 4.69) is 15.1 Å². The molecule has 1 aliphatic heterocycles. The second kappa shape index (κ2) is 8.91. The van der Waals surface area contributed by atoms with E-state index in [4.69, 9.17) is 4.74 Å². The first-order valence-electron chi connectivity index (χ1n) is 11.1. The number of benzene rings is 1. The van der Waals surface area contributed by atoms with Crippen LogP contribution in [0.2, 0.25) is 0 Å². The molecular weight excluding hydrogens is 455 g/mol. The van der Waals surface area contributed by atoms with Gasteiger partial charge in [-0.05, 0) is 49.2 Å². The van der Waals surface area contributed by atoms with Crippen LogP contribution in [-0.4, -0.2) is 66.0 Å². The first-order valence-corrected chi connectivity index (χ1v) is 11.1. The number of aromatic nitrogens is 5. The molecule has 4 heterocycles. The maximum absolute atomic E-state index is 13.2. The lowest BCUT2D eigenvalue weighted by atomic mass is 9.91. The molecule has 3 aromatic heterocycles. The first kappa shape index (κ1) is 22.7. The molecule has 1 saturated heterocycles. The molecular formula is C24H23FN6O4. The van der Waals surface area contributed by atoms with Crippen LogP contribution in [0.4, 0.5) is 4.39 Å². The zero-order valence-corrected chi connectivity index (χ0v) is 19.0. The van der Waals surface area contributed by atoms with Gasteiger partial charge in [-0.15, -0.1) is 0 Å². The molecule has 1 aromatic carbocycles. The highest BCUT2D eigenvalue weighted by Gasteiger charge is 2.35. The standard InChI is InChI=1S/C24H23FN6O4/c1-35-18-6-7-20(26-12-18)23(33)29-10-8-24(34,9-11-29)14-30-15-27-21-19(22(30)32)13-28-31(21)17-4-2-16(25)3-5-17/h2-7,12-13,15,34H,8-11,14H2,1H3. The lowest BCUT2D eigenvalue weighted by Crippen LogP contribution is -2.49. The van der Waals surface area contributed by atoms with Crippen LogP contribution in [-0.2, 0) is 6.54 Å². The van der Waals surface area contributed by atoms with E-state index in [1.807, 2.05) is 0 Å². The summed E-state index contributed by atoms with van der Waals surface area (Å²) in [5.74, 6) is -0.0289. The summed E-state index contributed by atoms with van der Waals surface area (Å²) in [7, 11) is 1.53. The van der Waals surface area contributed by atoms with Crippen LogP contribution in [0.1, 0.15) is 23.3 Å². The van der Waals surface area contributed by atoms with E-state index in [0.29, 0.717) is 54.1 Å². The summed E-state index contributed by atoms with van der Waals surface area (Å²) in [6.45, 7) is 0.700. The molecule has 1 aliphatic rings. The van der Waals surface area contributed by atoms with Crippen LogP contribution in [0.15, 0.2) is 59.9 Å². The number of fused-ring (bicyclic) bond motifs is 1. The third-order valence-electron chi connectivity index (χ3n) is 6.26. The van der Waals surface area contributed by atoms with Crippen molar-refractivity contribution in [3.8, 4) is 11.4 Å². The van der Waals surface area contributed by atoms with Gasteiger partial charge in [0.1, 0.15) is 29.0 Å². The Morgan fingerprint density at radius 3 is 2.51 bits per heavy atom. The number of hydrogen-bond acceptors (Lipinski definition) is 7. The van der Waals surface area contributed by atoms with Crippen molar-refractivity contribution in [2.24, 2.45) is 0 Å². The Kier molecular flexibility index (Phi) is 5.77. The molecule has 0 atom stereocenters. The second-order valence-corrected chi connectivity index (χ2v) is 8.55. The molecule has 1 amide bonds. The van der Waals surface area contributed by atoms with Gasteiger partial charge in [-0.25, -0.2) is 19.0 Å². The van der Waals surface area contributed by atoms with Crippen molar-refractivity contribution < 1.29 is 19.0 Å². The van der Waals surface area contributed by atoms with E-state index < -0.39 is 5.60 Å². The topological polar surface area (TPSA) is 115 Å². The van der Waals surface area contributed by atoms with Crippen LogP contribution < -0.4 is 10.3 Å². The SMILES string of the molecule is COc1ccc(C(=O)N2CCC(O)(Cn3cnc4c(cnn4-c4ccc(F)cc4)c3=O)CC2)nc1. The number of likely N-dealkylation sites (tertiary alicyclic amines) is 1. The van der Waals surface area contributed by atoms with Crippen molar-refractivity contribution in [3.05, 3.63) is 77.0 Å². The summed E-state index contributed by atoms with van der Waals surface area (Å²) >= 11 is 0. The minimum absolute atomic E-state index is 0.0410. The predicted molar refractivity (Wildman–Crippen MR) is 124 cm³/mol. The van der Waals surface area contributed by atoms with Gasteiger partial charge < -0.3 is 14.7 Å². The molecule has 0 aliphatic carbocycles. The third kappa shape index (κ3) is 4.37. The summed E-state index contributed by atoms with van der Waals surface area (Å²) in [4.78, 5) is 36.0. The van der Waals surface area contributed by atoms with Crippen LogP contribution in [0.3, 0.4) is 0 Å². The molecule has 10 nitrogen and oxygen atoms in total. The van der Waals surface area contributed by atoms with Crippen molar-refractivity contribution in [1.82, 2.24) is 29.2 Å². The number of rotatable bonds is 5. The van der Waals surface area contributed by atoms with Gasteiger partial charge >= 0.3 is 0 Å². The minimum Gasteiger partial charge on any atom is -0.495 e. The fourth-order valence-electron chi connectivity index (χ4n) is 4.22. The Labute approximate surface area is 199 Å².